The third-order valence-electron chi connectivity index (χ3n) is 4.45. The maximum absolute atomic E-state index is 6.31. The summed E-state index contributed by atoms with van der Waals surface area (Å²) in [6.45, 7) is 0.977. The number of hydrogen-bond donors (Lipinski definition) is 1. The van der Waals surface area contributed by atoms with Crippen LogP contribution in [0.2, 0.25) is 5.02 Å². The number of nitrogens with two attached hydrogens (primary N) is 1. The Bertz CT molecular complexity index is 851. The topological polar surface area (TPSA) is 56.7 Å². The zero-order chi connectivity index (χ0) is 16.5. The molecule has 0 saturated heterocycles. The summed E-state index contributed by atoms with van der Waals surface area (Å²) in [5, 5.41) is 9.61. The van der Waals surface area contributed by atoms with Crippen molar-refractivity contribution in [3.8, 4) is 21.1 Å². The molecule has 4 rings (SSSR count). The second-order valence-electron chi connectivity index (χ2n) is 6.16. The molecular weight excluding hydrogens is 340 g/mol. The van der Waals surface area contributed by atoms with Crippen LogP contribution < -0.4 is 5.73 Å². The van der Waals surface area contributed by atoms with Crippen molar-refractivity contribution in [3.05, 3.63) is 41.2 Å². The highest BCUT2D eigenvalue weighted by atomic mass is 35.5. The van der Waals surface area contributed by atoms with Crippen LogP contribution in [0.15, 0.2) is 30.3 Å². The molecule has 24 heavy (non-hydrogen) atoms. The van der Waals surface area contributed by atoms with Crippen molar-refractivity contribution >= 4 is 28.6 Å². The van der Waals surface area contributed by atoms with Crippen LogP contribution in [-0.4, -0.2) is 14.8 Å². The summed E-state index contributed by atoms with van der Waals surface area (Å²) in [6.07, 6.45) is 5.92. The van der Waals surface area contributed by atoms with Crippen molar-refractivity contribution in [2.24, 2.45) is 0 Å². The number of nitrogen functional groups attached to an aromatic ring is 1. The Morgan fingerprint density at radius 2 is 1.83 bits per heavy atom. The lowest BCUT2D eigenvalue weighted by atomic mass is 10.1. The summed E-state index contributed by atoms with van der Waals surface area (Å²) in [6, 6.07) is 9.86. The molecule has 0 atom stereocenters. The van der Waals surface area contributed by atoms with Gasteiger partial charge in [0.2, 0.25) is 0 Å². The van der Waals surface area contributed by atoms with E-state index in [-0.39, 0.29) is 0 Å². The Labute approximate surface area is 150 Å². The van der Waals surface area contributed by atoms with E-state index >= 15 is 0 Å². The molecule has 2 N–H and O–H groups in total. The van der Waals surface area contributed by atoms with E-state index in [0.29, 0.717) is 0 Å². The van der Waals surface area contributed by atoms with Gasteiger partial charge >= 0.3 is 0 Å². The smallest absolute Gasteiger partial charge is 0.176 e. The number of anilines is 1. The van der Waals surface area contributed by atoms with Gasteiger partial charge in [0, 0.05) is 22.9 Å². The molecule has 0 fully saturated rings. The fourth-order valence-corrected chi connectivity index (χ4v) is 4.37. The number of nitrogens with zero attached hydrogens (tertiary/aromatic N) is 3. The molecule has 1 aliphatic rings. The van der Waals surface area contributed by atoms with Crippen molar-refractivity contribution < 1.29 is 0 Å². The third kappa shape index (κ3) is 2.94. The molecule has 1 aromatic carbocycles. The fraction of sp³-hybridized carbons (Fsp3) is 0.333. The average Bonchev–Trinajstić information content (AvgIpc) is 3.11. The maximum atomic E-state index is 6.31. The first-order chi connectivity index (χ1) is 11.7. The Kier molecular flexibility index (Phi) is 4.29. The minimum atomic E-state index is 0.738. The maximum Gasteiger partial charge on any atom is 0.176 e. The number of aromatic nitrogens is 3. The predicted molar refractivity (Wildman–Crippen MR) is 100 cm³/mol. The third-order valence-corrected chi connectivity index (χ3v) is 5.90. The molecule has 0 radical (unpaired) electrons. The van der Waals surface area contributed by atoms with Crippen LogP contribution >= 0.6 is 22.9 Å². The van der Waals surface area contributed by atoms with Gasteiger partial charge in [0.15, 0.2) is 5.82 Å². The lowest BCUT2D eigenvalue weighted by molar-refractivity contribution is 0.519. The molecule has 3 heterocycles. The Balaban J connectivity index is 1.74. The molecule has 0 spiro atoms. The van der Waals surface area contributed by atoms with Crippen LogP contribution in [0.3, 0.4) is 0 Å². The van der Waals surface area contributed by atoms with Gasteiger partial charge in [0.25, 0.3) is 0 Å². The van der Waals surface area contributed by atoms with Crippen LogP contribution in [0.1, 0.15) is 31.5 Å². The lowest BCUT2D eigenvalue weighted by Gasteiger charge is -2.13. The van der Waals surface area contributed by atoms with Gasteiger partial charge in [-0.15, -0.1) is 21.5 Å². The first kappa shape index (κ1) is 15.7. The zero-order valence-corrected chi connectivity index (χ0v) is 14.9. The average molecular weight is 359 g/mol. The molecule has 4 nitrogen and oxygen atoms in total. The van der Waals surface area contributed by atoms with Crippen LogP contribution in [0.25, 0.3) is 21.1 Å². The summed E-state index contributed by atoms with van der Waals surface area (Å²) in [5.74, 6) is 2.00. The fourth-order valence-electron chi connectivity index (χ4n) is 3.17. The van der Waals surface area contributed by atoms with Crippen LogP contribution in [-0.2, 0) is 13.0 Å². The van der Waals surface area contributed by atoms with E-state index in [2.05, 4.69) is 14.8 Å². The standard InChI is InChI=1S/C18H19ClN4S/c19-13-8-6-12(7-9-13)15-11-14(20)17(24-15)18-22-21-16-5-3-1-2-4-10-23(16)18/h6-9,11H,1-5,10,20H2. The molecule has 0 saturated carbocycles. The summed E-state index contributed by atoms with van der Waals surface area (Å²) in [5.41, 5.74) is 8.19. The number of benzene rings is 1. The molecule has 0 aliphatic carbocycles. The second kappa shape index (κ2) is 6.57. The van der Waals surface area contributed by atoms with Crippen molar-refractivity contribution in [2.45, 2.75) is 38.6 Å². The van der Waals surface area contributed by atoms with Gasteiger partial charge in [-0.25, -0.2) is 0 Å². The monoisotopic (exact) mass is 358 g/mol. The molecule has 2 aromatic heterocycles. The summed E-state index contributed by atoms with van der Waals surface area (Å²) < 4.78 is 2.26. The Morgan fingerprint density at radius 3 is 2.67 bits per heavy atom. The highest BCUT2D eigenvalue weighted by Gasteiger charge is 2.19. The normalized spacial score (nSPS) is 14.9. The predicted octanol–water partition coefficient (Wildman–Crippen LogP) is 5.03. The van der Waals surface area contributed by atoms with Crippen molar-refractivity contribution in [2.75, 3.05) is 5.73 Å². The first-order valence-corrected chi connectivity index (χ1v) is 9.49. The number of halogens is 1. The van der Waals surface area contributed by atoms with Gasteiger partial charge in [0.05, 0.1) is 10.6 Å². The van der Waals surface area contributed by atoms with E-state index in [1.165, 1.54) is 25.7 Å². The van der Waals surface area contributed by atoms with Crippen LogP contribution in [0.4, 0.5) is 5.69 Å². The van der Waals surface area contributed by atoms with Gasteiger partial charge in [-0.1, -0.05) is 36.6 Å². The van der Waals surface area contributed by atoms with Crippen molar-refractivity contribution in [1.82, 2.24) is 14.8 Å². The van der Waals surface area contributed by atoms with Gasteiger partial charge < -0.3 is 10.3 Å². The van der Waals surface area contributed by atoms with Gasteiger partial charge in [-0.05, 0) is 36.6 Å². The SMILES string of the molecule is Nc1cc(-c2ccc(Cl)cc2)sc1-c1nnc2n1CCCCCC2. The summed E-state index contributed by atoms with van der Waals surface area (Å²) in [4.78, 5) is 2.14. The molecule has 0 bridgehead atoms. The van der Waals surface area contributed by atoms with Crippen LogP contribution in [0.5, 0.6) is 0 Å². The first-order valence-electron chi connectivity index (χ1n) is 8.30. The number of thiophene rings is 1. The lowest BCUT2D eigenvalue weighted by Crippen LogP contribution is -2.08. The van der Waals surface area contributed by atoms with E-state index in [1.807, 2.05) is 30.3 Å². The van der Waals surface area contributed by atoms with E-state index in [4.69, 9.17) is 17.3 Å². The van der Waals surface area contributed by atoms with E-state index in [1.54, 1.807) is 11.3 Å². The Hall–Kier alpha value is -1.85. The molecule has 1 aliphatic heterocycles. The molecule has 0 amide bonds. The largest absolute Gasteiger partial charge is 0.397 e. The molecular formula is C18H19ClN4S. The van der Waals surface area contributed by atoms with Crippen molar-refractivity contribution in [1.29, 1.82) is 0 Å². The van der Waals surface area contributed by atoms with Crippen molar-refractivity contribution in [3.63, 3.8) is 0 Å². The van der Waals surface area contributed by atoms with E-state index in [9.17, 15) is 0 Å². The van der Waals surface area contributed by atoms with Gasteiger partial charge in [-0.2, -0.15) is 0 Å². The number of aryl methyl sites for hydroxylation is 1. The van der Waals surface area contributed by atoms with Gasteiger partial charge in [-0.3, -0.25) is 0 Å². The number of rotatable bonds is 2. The Morgan fingerprint density at radius 1 is 1.04 bits per heavy atom. The molecule has 124 valence electrons. The molecule has 6 heteroatoms. The minimum absolute atomic E-state index is 0.738. The minimum Gasteiger partial charge on any atom is -0.397 e. The molecule has 0 unspecified atom stereocenters. The summed E-state index contributed by atoms with van der Waals surface area (Å²) in [7, 11) is 0. The molecule has 3 aromatic rings. The second-order valence-corrected chi connectivity index (χ2v) is 7.65. The zero-order valence-electron chi connectivity index (χ0n) is 13.3. The quantitative estimate of drug-likeness (QED) is 0.699. The highest BCUT2D eigenvalue weighted by molar-refractivity contribution is 7.19. The number of fused-ring (bicyclic) bond motifs is 1. The van der Waals surface area contributed by atoms with E-state index < -0.39 is 0 Å². The summed E-state index contributed by atoms with van der Waals surface area (Å²) >= 11 is 7.65. The van der Waals surface area contributed by atoms with E-state index in [0.717, 1.165) is 50.6 Å². The highest BCUT2D eigenvalue weighted by Crippen LogP contribution is 2.40. The van der Waals surface area contributed by atoms with Crippen LogP contribution in [0, 0.1) is 0 Å². The van der Waals surface area contributed by atoms with Gasteiger partial charge in [0.1, 0.15) is 5.82 Å². The number of hydrogen-bond acceptors (Lipinski definition) is 4.